The van der Waals surface area contributed by atoms with Crippen molar-refractivity contribution >= 4 is 0 Å². The summed E-state index contributed by atoms with van der Waals surface area (Å²) in [5.74, 6) is 1.03. The number of fused-ring (bicyclic) bond motifs is 1. The molecule has 0 radical (unpaired) electrons. The first-order chi connectivity index (χ1) is 8.61. The Bertz CT molecular complexity index is 401. The van der Waals surface area contributed by atoms with Crippen molar-refractivity contribution in [2.75, 3.05) is 13.2 Å². The van der Waals surface area contributed by atoms with E-state index in [0.29, 0.717) is 0 Å². The Morgan fingerprint density at radius 2 is 2.17 bits per heavy atom. The molecule has 2 N–H and O–H groups in total. The molecule has 3 nitrogen and oxygen atoms in total. The number of aliphatic hydroxyl groups excluding tert-OH is 1. The molecule has 1 aromatic rings. The molecule has 0 aliphatic carbocycles. The second-order valence-corrected chi connectivity index (χ2v) is 5.59. The maximum atomic E-state index is 8.70. The number of hydrogen-bond donors (Lipinski definition) is 2. The van der Waals surface area contributed by atoms with E-state index in [1.165, 1.54) is 11.1 Å². The van der Waals surface area contributed by atoms with Crippen LogP contribution in [0.25, 0.3) is 0 Å². The van der Waals surface area contributed by atoms with Gasteiger partial charge in [-0.15, -0.1) is 0 Å². The largest absolute Gasteiger partial charge is 0.487 e. The predicted octanol–water partition coefficient (Wildman–Crippen LogP) is 2.26. The van der Waals surface area contributed by atoms with E-state index in [4.69, 9.17) is 9.84 Å². The SMILES string of the molecule is CC1(C)Cc2cc(CNCCCCO)ccc2O1. The van der Waals surface area contributed by atoms with E-state index < -0.39 is 0 Å². The summed E-state index contributed by atoms with van der Waals surface area (Å²) in [4.78, 5) is 0. The lowest BCUT2D eigenvalue weighted by atomic mass is 10.0. The van der Waals surface area contributed by atoms with Crippen molar-refractivity contribution in [1.29, 1.82) is 0 Å². The molecule has 18 heavy (non-hydrogen) atoms. The Kier molecular flexibility index (Phi) is 4.25. The summed E-state index contributed by atoms with van der Waals surface area (Å²) in [5.41, 5.74) is 2.56. The van der Waals surface area contributed by atoms with Gasteiger partial charge >= 0.3 is 0 Å². The minimum atomic E-state index is -0.0600. The maximum Gasteiger partial charge on any atom is 0.123 e. The molecule has 1 aliphatic heterocycles. The fourth-order valence-corrected chi connectivity index (χ4v) is 2.37. The molecule has 0 bridgehead atoms. The van der Waals surface area contributed by atoms with E-state index in [0.717, 1.165) is 38.1 Å². The second-order valence-electron chi connectivity index (χ2n) is 5.59. The monoisotopic (exact) mass is 249 g/mol. The van der Waals surface area contributed by atoms with Gasteiger partial charge < -0.3 is 15.2 Å². The number of benzene rings is 1. The lowest BCUT2D eigenvalue weighted by molar-refractivity contribution is 0.138. The molecule has 0 saturated carbocycles. The van der Waals surface area contributed by atoms with Crippen molar-refractivity contribution in [2.24, 2.45) is 0 Å². The van der Waals surface area contributed by atoms with Crippen molar-refractivity contribution in [3.63, 3.8) is 0 Å². The zero-order chi connectivity index (χ0) is 13.0. The van der Waals surface area contributed by atoms with Crippen molar-refractivity contribution in [3.8, 4) is 5.75 Å². The number of hydrogen-bond acceptors (Lipinski definition) is 3. The van der Waals surface area contributed by atoms with Crippen LogP contribution in [-0.4, -0.2) is 23.9 Å². The number of nitrogens with one attached hydrogen (secondary N) is 1. The first kappa shape index (κ1) is 13.4. The van der Waals surface area contributed by atoms with Crippen LogP contribution in [0.15, 0.2) is 18.2 Å². The summed E-state index contributed by atoms with van der Waals surface area (Å²) in [7, 11) is 0. The Balaban J connectivity index is 1.85. The van der Waals surface area contributed by atoms with Crippen molar-refractivity contribution in [2.45, 2.75) is 45.3 Å². The van der Waals surface area contributed by atoms with E-state index in [2.05, 4.69) is 37.4 Å². The van der Waals surface area contributed by atoms with Crippen LogP contribution in [0.1, 0.15) is 37.8 Å². The quantitative estimate of drug-likeness (QED) is 0.760. The lowest BCUT2D eigenvalue weighted by Gasteiger charge is -2.16. The van der Waals surface area contributed by atoms with Crippen molar-refractivity contribution in [3.05, 3.63) is 29.3 Å². The van der Waals surface area contributed by atoms with E-state index >= 15 is 0 Å². The Labute approximate surface area is 109 Å². The minimum Gasteiger partial charge on any atom is -0.487 e. The molecule has 0 spiro atoms. The second kappa shape index (κ2) is 5.72. The molecule has 0 atom stereocenters. The number of unbranched alkanes of at least 4 members (excludes halogenated alkanes) is 1. The molecular weight excluding hydrogens is 226 g/mol. The predicted molar refractivity (Wildman–Crippen MR) is 72.9 cm³/mol. The van der Waals surface area contributed by atoms with Gasteiger partial charge in [0.15, 0.2) is 0 Å². The molecule has 0 fully saturated rings. The third kappa shape index (κ3) is 3.47. The number of aliphatic hydroxyl groups is 1. The van der Waals surface area contributed by atoms with Crippen molar-refractivity contribution in [1.82, 2.24) is 5.32 Å². The zero-order valence-electron chi connectivity index (χ0n) is 11.3. The topological polar surface area (TPSA) is 41.5 Å². The Morgan fingerprint density at radius 3 is 2.94 bits per heavy atom. The van der Waals surface area contributed by atoms with Gasteiger partial charge in [-0.3, -0.25) is 0 Å². The normalized spacial score (nSPS) is 16.4. The standard InChI is InChI=1S/C15H23NO2/c1-15(2)10-13-9-12(5-6-14(13)18-15)11-16-7-3-4-8-17/h5-6,9,16-17H,3-4,7-8,10-11H2,1-2H3. The average molecular weight is 249 g/mol. The van der Waals surface area contributed by atoms with Crippen LogP contribution in [0.2, 0.25) is 0 Å². The van der Waals surface area contributed by atoms with Crippen LogP contribution >= 0.6 is 0 Å². The molecule has 1 aliphatic rings. The fraction of sp³-hybridized carbons (Fsp3) is 0.600. The molecular formula is C15H23NO2. The molecule has 0 unspecified atom stereocenters. The molecule has 1 aromatic carbocycles. The van der Waals surface area contributed by atoms with Crippen LogP contribution < -0.4 is 10.1 Å². The summed E-state index contributed by atoms with van der Waals surface area (Å²) >= 11 is 0. The van der Waals surface area contributed by atoms with Gasteiger partial charge in [0.25, 0.3) is 0 Å². The van der Waals surface area contributed by atoms with Gasteiger partial charge in [-0.1, -0.05) is 12.1 Å². The lowest BCUT2D eigenvalue weighted by Crippen LogP contribution is -2.24. The van der Waals surface area contributed by atoms with E-state index in [1.807, 2.05) is 0 Å². The Morgan fingerprint density at radius 1 is 1.33 bits per heavy atom. The highest BCUT2D eigenvalue weighted by molar-refractivity contribution is 5.41. The summed E-state index contributed by atoms with van der Waals surface area (Å²) in [6.45, 7) is 6.38. The zero-order valence-corrected chi connectivity index (χ0v) is 11.3. The highest BCUT2D eigenvalue weighted by atomic mass is 16.5. The highest BCUT2D eigenvalue weighted by Crippen LogP contribution is 2.35. The van der Waals surface area contributed by atoms with E-state index in [9.17, 15) is 0 Å². The maximum absolute atomic E-state index is 8.70. The summed E-state index contributed by atoms with van der Waals surface area (Å²) in [6.07, 6.45) is 2.89. The average Bonchev–Trinajstić information content (AvgIpc) is 2.62. The first-order valence-electron chi connectivity index (χ1n) is 6.73. The molecule has 0 aromatic heterocycles. The van der Waals surface area contributed by atoms with Gasteiger partial charge in [-0.05, 0) is 50.4 Å². The third-order valence-electron chi connectivity index (χ3n) is 3.22. The highest BCUT2D eigenvalue weighted by Gasteiger charge is 2.29. The summed E-state index contributed by atoms with van der Waals surface area (Å²) in [5, 5.41) is 12.1. The molecule has 3 heteroatoms. The molecule has 0 amide bonds. The number of rotatable bonds is 6. The molecule has 100 valence electrons. The van der Waals surface area contributed by atoms with E-state index in [1.54, 1.807) is 0 Å². The third-order valence-corrected chi connectivity index (χ3v) is 3.22. The van der Waals surface area contributed by atoms with Crippen LogP contribution in [0.5, 0.6) is 5.75 Å². The fourth-order valence-electron chi connectivity index (χ4n) is 2.37. The van der Waals surface area contributed by atoms with Crippen molar-refractivity contribution < 1.29 is 9.84 Å². The van der Waals surface area contributed by atoms with Gasteiger partial charge in [-0.25, -0.2) is 0 Å². The molecule has 1 heterocycles. The van der Waals surface area contributed by atoms with Gasteiger partial charge in [0.2, 0.25) is 0 Å². The smallest absolute Gasteiger partial charge is 0.123 e. The van der Waals surface area contributed by atoms with Gasteiger partial charge in [0.1, 0.15) is 11.4 Å². The molecule has 0 saturated heterocycles. The number of ether oxygens (including phenoxy) is 1. The first-order valence-corrected chi connectivity index (χ1v) is 6.73. The van der Waals surface area contributed by atoms with E-state index in [-0.39, 0.29) is 12.2 Å². The molecule has 2 rings (SSSR count). The van der Waals surface area contributed by atoms with Gasteiger partial charge in [-0.2, -0.15) is 0 Å². The summed E-state index contributed by atoms with van der Waals surface area (Å²) < 4.78 is 5.86. The summed E-state index contributed by atoms with van der Waals surface area (Å²) in [6, 6.07) is 6.44. The van der Waals surface area contributed by atoms with Gasteiger partial charge in [0.05, 0.1) is 0 Å². The van der Waals surface area contributed by atoms with Crippen LogP contribution in [-0.2, 0) is 13.0 Å². The van der Waals surface area contributed by atoms with Crippen LogP contribution in [0.3, 0.4) is 0 Å². The van der Waals surface area contributed by atoms with Gasteiger partial charge in [0, 0.05) is 19.6 Å². The minimum absolute atomic E-state index is 0.0600. The van der Waals surface area contributed by atoms with Crippen LogP contribution in [0.4, 0.5) is 0 Å². The van der Waals surface area contributed by atoms with Crippen LogP contribution in [0, 0.1) is 0 Å². The Hall–Kier alpha value is -1.06.